The molecule has 0 spiro atoms. The van der Waals surface area contributed by atoms with Crippen LogP contribution in [0.15, 0.2) is 59.8 Å². The van der Waals surface area contributed by atoms with E-state index in [1.807, 2.05) is 31.2 Å². The second-order valence-corrected chi connectivity index (χ2v) is 6.93. The van der Waals surface area contributed by atoms with E-state index >= 15 is 0 Å². The molecule has 0 fully saturated rings. The summed E-state index contributed by atoms with van der Waals surface area (Å²) in [5, 5.41) is 15.4. The van der Waals surface area contributed by atoms with Gasteiger partial charge in [-0.05, 0) is 36.2 Å². The molecule has 0 saturated carbocycles. The Balaban J connectivity index is 1.64. The number of benzene rings is 2. The van der Waals surface area contributed by atoms with E-state index < -0.39 is 4.92 Å². The van der Waals surface area contributed by atoms with Crippen LogP contribution in [-0.2, 0) is 6.61 Å². The predicted molar refractivity (Wildman–Crippen MR) is 114 cm³/mol. The Kier molecular flexibility index (Phi) is 6.64. The first-order chi connectivity index (χ1) is 13.9. The van der Waals surface area contributed by atoms with E-state index in [0.29, 0.717) is 33.8 Å². The van der Waals surface area contributed by atoms with Gasteiger partial charge in [0.2, 0.25) is 0 Å². The third-order valence-corrected chi connectivity index (χ3v) is 4.44. The number of hydrogen-bond acceptors (Lipinski definition) is 6. The summed E-state index contributed by atoms with van der Waals surface area (Å²) in [6, 6.07) is 14.1. The minimum absolute atomic E-state index is 0.0979. The number of anilines is 1. The van der Waals surface area contributed by atoms with Crippen LogP contribution in [0.4, 0.5) is 11.5 Å². The lowest BCUT2D eigenvalue weighted by atomic mass is 10.2. The summed E-state index contributed by atoms with van der Waals surface area (Å²) in [6.45, 7) is 2.37. The number of aryl methyl sites for hydroxylation is 1. The number of rotatable bonds is 7. The zero-order valence-electron chi connectivity index (χ0n) is 15.3. The first kappa shape index (κ1) is 20.6. The van der Waals surface area contributed by atoms with Crippen molar-refractivity contribution in [3.8, 4) is 5.75 Å². The highest BCUT2D eigenvalue weighted by Gasteiger charge is 2.10. The van der Waals surface area contributed by atoms with Gasteiger partial charge >= 0.3 is 0 Å². The van der Waals surface area contributed by atoms with Gasteiger partial charge in [-0.2, -0.15) is 5.10 Å². The number of halogens is 2. The number of ether oxygens (including phenoxy) is 1. The summed E-state index contributed by atoms with van der Waals surface area (Å²) in [7, 11) is 0. The first-order valence-corrected chi connectivity index (χ1v) is 9.25. The van der Waals surface area contributed by atoms with Gasteiger partial charge in [-0.15, -0.1) is 0 Å². The molecular formula is C20H16Cl2N4O3. The van der Waals surface area contributed by atoms with Gasteiger partial charge < -0.3 is 4.74 Å². The Morgan fingerprint density at radius 3 is 2.45 bits per heavy atom. The molecule has 148 valence electrons. The van der Waals surface area contributed by atoms with Crippen LogP contribution >= 0.6 is 23.2 Å². The molecule has 0 atom stereocenters. The van der Waals surface area contributed by atoms with Crippen LogP contribution in [0.5, 0.6) is 5.75 Å². The summed E-state index contributed by atoms with van der Waals surface area (Å²) in [5.41, 5.74) is 5.41. The van der Waals surface area contributed by atoms with Crippen LogP contribution in [0.2, 0.25) is 10.0 Å². The molecule has 9 heteroatoms. The van der Waals surface area contributed by atoms with Gasteiger partial charge in [0.05, 0.1) is 21.2 Å². The number of hydrogen-bond donors (Lipinski definition) is 1. The second-order valence-electron chi connectivity index (χ2n) is 6.12. The number of nitro groups is 1. The number of aromatic nitrogens is 1. The zero-order chi connectivity index (χ0) is 20.8. The van der Waals surface area contributed by atoms with Crippen molar-refractivity contribution >= 4 is 40.9 Å². The van der Waals surface area contributed by atoms with E-state index in [1.165, 1.54) is 23.9 Å². The maximum atomic E-state index is 10.6. The topological polar surface area (TPSA) is 89.6 Å². The lowest BCUT2D eigenvalue weighted by Crippen LogP contribution is -1.98. The van der Waals surface area contributed by atoms with Crippen molar-refractivity contribution in [2.45, 2.75) is 13.5 Å². The van der Waals surface area contributed by atoms with Crippen LogP contribution in [0.25, 0.3) is 0 Å². The fourth-order valence-electron chi connectivity index (χ4n) is 2.36. The smallest absolute Gasteiger partial charge is 0.287 e. The van der Waals surface area contributed by atoms with E-state index in [0.717, 1.165) is 11.8 Å². The second kappa shape index (κ2) is 9.36. The quantitative estimate of drug-likeness (QED) is 0.298. The molecule has 0 aliphatic rings. The molecular weight excluding hydrogens is 415 g/mol. The Labute approximate surface area is 177 Å². The highest BCUT2D eigenvalue weighted by atomic mass is 35.5. The predicted octanol–water partition coefficient (Wildman–Crippen LogP) is 5.63. The van der Waals surface area contributed by atoms with Crippen molar-refractivity contribution in [3.63, 3.8) is 0 Å². The largest absolute Gasteiger partial charge is 0.486 e. The van der Waals surface area contributed by atoms with E-state index in [-0.39, 0.29) is 5.69 Å². The molecule has 1 heterocycles. The lowest BCUT2D eigenvalue weighted by Gasteiger charge is -2.11. The monoisotopic (exact) mass is 430 g/mol. The third-order valence-electron chi connectivity index (χ3n) is 3.88. The molecule has 3 rings (SSSR count). The summed E-state index contributed by atoms with van der Waals surface area (Å²) < 4.78 is 5.76. The molecule has 0 bridgehead atoms. The van der Waals surface area contributed by atoms with Crippen molar-refractivity contribution in [2.75, 3.05) is 5.43 Å². The van der Waals surface area contributed by atoms with Gasteiger partial charge in [0.25, 0.3) is 5.69 Å². The molecule has 0 aliphatic carbocycles. The molecule has 0 saturated heterocycles. The molecule has 0 aliphatic heterocycles. The average Bonchev–Trinajstić information content (AvgIpc) is 2.69. The molecule has 7 nitrogen and oxygen atoms in total. The van der Waals surface area contributed by atoms with Crippen molar-refractivity contribution in [3.05, 3.63) is 91.6 Å². The average molecular weight is 431 g/mol. The van der Waals surface area contributed by atoms with Crippen LogP contribution in [0.1, 0.15) is 16.7 Å². The first-order valence-electron chi connectivity index (χ1n) is 8.49. The fourth-order valence-corrected chi connectivity index (χ4v) is 2.98. The molecule has 29 heavy (non-hydrogen) atoms. The maximum absolute atomic E-state index is 10.6. The molecule has 1 N–H and O–H groups in total. The van der Waals surface area contributed by atoms with E-state index in [1.54, 1.807) is 12.1 Å². The maximum Gasteiger partial charge on any atom is 0.287 e. The van der Waals surface area contributed by atoms with Crippen LogP contribution < -0.4 is 10.2 Å². The van der Waals surface area contributed by atoms with Crippen LogP contribution in [0, 0.1) is 17.0 Å². The van der Waals surface area contributed by atoms with Gasteiger partial charge in [0, 0.05) is 6.07 Å². The van der Waals surface area contributed by atoms with Gasteiger partial charge in [-0.25, -0.2) is 4.98 Å². The van der Waals surface area contributed by atoms with Gasteiger partial charge in [-0.3, -0.25) is 15.5 Å². The van der Waals surface area contributed by atoms with Gasteiger partial charge in [-0.1, -0.05) is 53.0 Å². The van der Waals surface area contributed by atoms with Crippen LogP contribution in [0.3, 0.4) is 0 Å². The van der Waals surface area contributed by atoms with E-state index in [2.05, 4.69) is 15.5 Å². The molecule has 1 aromatic heterocycles. The normalized spacial score (nSPS) is 10.9. The fraction of sp³-hybridized carbons (Fsp3) is 0.100. The van der Waals surface area contributed by atoms with E-state index in [9.17, 15) is 10.1 Å². The standard InChI is InChI=1S/C20H16Cl2N4O3/c1-13-2-4-14(5-3-13)12-29-20-17(21)8-15(9-18(20)22)10-24-25-19-7-6-16(11-23-19)26(27)28/h2-11H,12H2,1H3,(H,23,25)/b24-10+. The molecule has 3 aromatic rings. The van der Waals surface area contributed by atoms with Crippen molar-refractivity contribution in [1.82, 2.24) is 4.98 Å². The molecule has 0 unspecified atom stereocenters. The van der Waals surface area contributed by atoms with Crippen molar-refractivity contribution in [2.24, 2.45) is 5.10 Å². The van der Waals surface area contributed by atoms with Crippen molar-refractivity contribution < 1.29 is 9.66 Å². The summed E-state index contributed by atoms with van der Waals surface area (Å²) in [6.07, 6.45) is 2.65. The summed E-state index contributed by atoms with van der Waals surface area (Å²) in [5.74, 6) is 0.762. The number of hydrazone groups is 1. The minimum atomic E-state index is -0.521. The highest BCUT2D eigenvalue weighted by molar-refractivity contribution is 6.37. The minimum Gasteiger partial charge on any atom is -0.486 e. The number of nitrogens with zero attached hydrogens (tertiary/aromatic N) is 3. The van der Waals surface area contributed by atoms with Gasteiger partial charge in [0.15, 0.2) is 5.75 Å². The van der Waals surface area contributed by atoms with Gasteiger partial charge in [0.1, 0.15) is 18.6 Å². The zero-order valence-corrected chi connectivity index (χ0v) is 16.8. The molecule has 0 amide bonds. The Hall–Kier alpha value is -3.16. The van der Waals surface area contributed by atoms with Crippen molar-refractivity contribution in [1.29, 1.82) is 0 Å². The molecule has 2 aromatic carbocycles. The Morgan fingerprint density at radius 2 is 1.86 bits per heavy atom. The summed E-state index contributed by atoms with van der Waals surface area (Å²) >= 11 is 12.6. The number of pyridine rings is 1. The van der Waals surface area contributed by atoms with Crippen LogP contribution in [-0.4, -0.2) is 16.1 Å². The lowest BCUT2D eigenvalue weighted by molar-refractivity contribution is -0.385. The Bertz CT molecular complexity index is 1020. The Morgan fingerprint density at radius 1 is 1.17 bits per heavy atom. The number of nitrogens with one attached hydrogen (secondary N) is 1. The molecule has 0 radical (unpaired) electrons. The van der Waals surface area contributed by atoms with E-state index in [4.69, 9.17) is 27.9 Å². The SMILES string of the molecule is Cc1ccc(COc2c(Cl)cc(/C=N/Nc3ccc([N+](=O)[O-])cn3)cc2Cl)cc1. The highest BCUT2D eigenvalue weighted by Crippen LogP contribution is 2.34. The third kappa shape index (κ3) is 5.66. The summed E-state index contributed by atoms with van der Waals surface area (Å²) in [4.78, 5) is 14.0.